The second-order valence-electron chi connectivity index (χ2n) is 5.42. The number of piperidine rings is 1. The Hall–Kier alpha value is -0.120. The Balaban J connectivity index is 2.12. The molecule has 2 bridgehead atoms. The van der Waals surface area contributed by atoms with Crippen molar-refractivity contribution in [2.45, 2.75) is 50.8 Å². The quantitative estimate of drug-likeness (QED) is 0.761. The van der Waals surface area contributed by atoms with Crippen molar-refractivity contribution < 1.29 is 4.74 Å². The van der Waals surface area contributed by atoms with E-state index in [9.17, 15) is 0 Å². The molecule has 3 heteroatoms. The highest BCUT2D eigenvalue weighted by Gasteiger charge is 2.47. The second kappa shape index (κ2) is 4.04. The van der Waals surface area contributed by atoms with Crippen LogP contribution >= 0.6 is 0 Å². The van der Waals surface area contributed by atoms with Crippen LogP contribution in [0.25, 0.3) is 0 Å². The molecule has 2 fully saturated rings. The summed E-state index contributed by atoms with van der Waals surface area (Å²) in [6.45, 7) is 6.30. The van der Waals surface area contributed by atoms with Gasteiger partial charge in [0.2, 0.25) is 0 Å². The van der Waals surface area contributed by atoms with E-state index in [2.05, 4.69) is 18.7 Å². The van der Waals surface area contributed by atoms with E-state index < -0.39 is 0 Å². The average Bonchev–Trinajstić information content (AvgIpc) is 2.88. The predicted molar refractivity (Wildman–Crippen MR) is 61.8 cm³/mol. The lowest BCUT2D eigenvalue weighted by Crippen LogP contribution is -2.61. The Morgan fingerprint density at radius 1 is 1.53 bits per heavy atom. The third-order valence-corrected chi connectivity index (χ3v) is 4.71. The van der Waals surface area contributed by atoms with E-state index in [1.807, 2.05) is 0 Å². The van der Waals surface area contributed by atoms with E-state index >= 15 is 0 Å². The van der Waals surface area contributed by atoms with Gasteiger partial charge in [0.05, 0.1) is 11.6 Å². The highest BCUT2D eigenvalue weighted by molar-refractivity contribution is 5.03. The molecule has 0 radical (unpaired) electrons. The fourth-order valence-corrected chi connectivity index (χ4v) is 3.32. The lowest BCUT2D eigenvalue weighted by molar-refractivity contribution is -0.0444. The summed E-state index contributed by atoms with van der Waals surface area (Å²) in [7, 11) is 1.78. The van der Waals surface area contributed by atoms with Crippen LogP contribution in [0, 0.1) is 5.92 Å². The summed E-state index contributed by atoms with van der Waals surface area (Å²) in [6, 6.07) is 0.765. The van der Waals surface area contributed by atoms with Crippen LogP contribution in [0.1, 0.15) is 33.1 Å². The van der Waals surface area contributed by atoms with Crippen molar-refractivity contribution in [2.24, 2.45) is 11.7 Å². The topological polar surface area (TPSA) is 38.5 Å². The standard InChI is InChI=1S/C12H24N2O/c1-9(15-3)12(2,8-13)14-7-10-4-5-11(14)6-10/h9-11H,4-8,13H2,1-3H3. The molecular weight excluding hydrogens is 188 g/mol. The van der Waals surface area contributed by atoms with Crippen LogP contribution in [0.3, 0.4) is 0 Å². The van der Waals surface area contributed by atoms with Gasteiger partial charge in [0.15, 0.2) is 0 Å². The Morgan fingerprint density at radius 2 is 2.27 bits per heavy atom. The molecule has 1 heterocycles. The smallest absolute Gasteiger partial charge is 0.0736 e. The van der Waals surface area contributed by atoms with Gasteiger partial charge in [-0.15, -0.1) is 0 Å². The number of nitrogens with zero attached hydrogens (tertiary/aromatic N) is 1. The summed E-state index contributed by atoms with van der Waals surface area (Å²) < 4.78 is 5.50. The molecule has 15 heavy (non-hydrogen) atoms. The van der Waals surface area contributed by atoms with E-state index in [-0.39, 0.29) is 11.6 Å². The zero-order valence-electron chi connectivity index (χ0n) is 10.2. The van der Waals surface area contributed by atoms with Gasteiger partial charge in [-0.3, -0.25) is 4.90 Å². The molecule has 1 aliphatic heterocycles. The molecule has 2 aliphatic rings. The molecule has 1 saturated carbocycles. The van der Waals surface area contributed by atoms with Crippen molar-refractivity contribution >= 4 is 0 Å². The van der Waals surface area contributed by atoms with Crippen LogP contribution in [0.5, 0.6) is 0 Å². The summed E-state index contributed by atoms with van der Waals surface area (Å²) >= 11 is 0. The fourth-order valence-electron chi connectivity index (χ4n) is 3.32. The predicted octanol–water partition coefficient (Wildman–Crippen LogP) is 1.22. The molecule has 1 aliphatic carbocycles. The summed E-state index contributed by atoms with van der Waals surface area (Å²) in [4.78, 5) is 2.61. The van der Waals surface area contributed by atoms with E-state index in [0.717, 1.165) is 12.0 Å². The largest absolute Gasteiger partial charge is 0.380 e. The highest BCUT2D eigenvalue weighted by Crippen LogP contribution is 2.42. The van der Waals surface area contributed by atoms with Gasteiger partial charge < -0.3 is 10.5 Å². The molecule has 2 N–H and O–H groups in total. The van der Waals surface area contributed by atoms with Gasteiger partial charge in [-0.05, 0) is 39.0 Å². The summed E-state index contributed by atoms with van der Waals surface area (Å²) in [6.07, 6.45) is 4.37. The van der Waals surface area contributed by atoms with Gasteiger partial charge in [-0.1, -0.05) is 0 Å². The minimum absolute atomic E-state index is 0.0224. The van der Waals surface area contributed by atoms with Crippen LogP contribution in [0.15, 0.2) is 0 Å². The fraction of sp³-hybridized carbons (Fsp3) is 1.00. The van der Waals surface area contributed by atoms with Crippen LogP contribution in [-0.4, -0.2) is 42.8 Å². The Bertz CT molecular complexity index is 234. The van der Waals surface area contributed by atoms with Gasteiger partial charge in [-0.2, -0.15) is 0 Å². The summed E-state index contributed by atoms with van der Waals surface area (Å²) in [5.74, 6) is 0.921. The van der Waals surface area contributed by atoms with Crippen LogP contribution in [0.4, 0.5) is 0 Å². The van der Waals surface area contributed by atoms with Crippen molar-refractivity contribution in [3.63, 3.8) is 0 Å². The Morgan fingerprint density at radius 3 is 2.67 bits per heavy atom. The maximum absolute atomic E-state index is 5.97. The summed E-state index contributed by atoms with van der Waals surface area (Å²) in [5.41, 5.74) is 6.00. The molecule has 0 aromatic heterocycles. The minimum Gasteiger partial charge on any atom is -0.380 e. The van der Waals surface area contributed by atoms with Crippen LogP contribution in [0.2, 0.25) is 0 Å². The van der Waals surface area contributed by atoms with E-state index in [1.165, 1.54) is 25.8 Å². The van der Waals surface area contributed by atoms with Crippen LogP contribution in [-0.2, 0) is 4.74 Å². The molecule has 2 rings (SSSR count). The number of hydrogen-bond donors (Lipinski definition) is 1. The Kier molecular flexibility index (Phi) is 3.06. The summed E-state index contributed by atoms with van der Waals surface area (Å²) in [5, 5.41) is 0. The minimum atomic E-state index is 0.0224. The molecule has 0 amide bonds. The normalized spacial score (nSPS) is 36.8. The number of likely N-dealkylation sites (tertiary alicyclic amines) is 1. The third kappa shape index (κ3) is 1.71. The monoisotopic (exact) mass is 212 g/mol. The lowest BCUT2D eigenvalue weighted by atomic mass is 9.91. The molecular formula is C12H24N2O. The number of nitrogens with two attached hydrogens (primary N) is 1. The zero-order chi connectivity index (χ0) is 11.1. The van der Waals surface area contributed by atoms with Gasteiger partial charge in [0.25, 0.3) is 0 Å². The van der Waals surface area contributed by atoms with Crippen molar-refractivity contribution in [3.8, 4) is 0 Å². The van der Waals surface area contributed by atoms with Crippen molar-refractivity contribution in [1.82, 2.24) is 4.90 Å². The average molecular weight is 212 g/mol. The first kappa shape index (κ1) is 11.4. The first-order chi connectivity index (χ1) is 7.11. The molecule has 0 spiro atoms. The van der Waals surface area contributed by atoms with E-state index in [4.69, 9.17) is 10.5 Å². The van der Waals surface area contributed by atoms with Gasteiger partial charge >= 0.3 is 0 Å². The van der Waals surface area contributed by atoms with Crippen molar-refractivity contribution in [1.29, 1.82) is 0 Å². The SMILES string of the molecule is COC(C)C(C)(CN)N1CC2CCC1C2. The molecule has 4 atom stereocenters. The van der Waals surface area contributed by atoms with Crippen LogP contribution < -0.4 is 5.73 Å². The molecule has 0 aromatic carbocycles. The van der Waals surface area contributed by atoms with E-state index in [1.54, 1.807) is 7.11 Å². The number of fused-ring (bicyclic) bond motifs is 2. The van der Waals surface area contributed by atoms with Gasteiger partial charge in [0, 0.05) is 26.2 Å². The molecule has 4 unspecified atom stereocenters. The maximum atomic E-state index is 5.97. The van der Waals surface area contributed by atoms with Gasteiger partial charge in [-0.25, -0.2) is 0 Å². The Labute approximate surface area is 93.0 Å². The molecule has 0 aromatic rings. The number of methoxy groups -OCH3 is 1. The molecule has 3 nitrogen and oxygen atoms in total. The first-order valence-corrected chi connectivity index (χ1v) is 6.11. The molecule has 88 valence electrons. The van der Waals surface area contributed by atoms with Crippen molar-refractivity contribution in [2.75, 3.05) is 20.2 Å². The highest BCUT2D eigenvalue weighted by atomic mass is 16.5. The molecule has 1 saturated heterocycles. The van der Waals surface area contributed by atoms with Crippen molar-refractivity contribution in [3.05, 3.63) is 0 Å². The third-order valence-electron chi connectivity index (χ3n) is 4.71. The number of ether oxygens (including phenoxy) is 1. The lowest BCUT2D eigenvalue weighted by Gasteiger charge is -2.46. The number of hydrogen-bond acceptors (Lipinski definition) is 3. The maximum Gasteiger partial charge on any atom is 0.0736 e. The van der Waals surface area contributed by atoms with Gasteiger partial charge in [0.1, 0.15) is 0 Å². The zero-order valence-corrected chi connectivity index (χ0v) is 10.2. The van der Waals surface area contributed by atoms with E-state index in [0.29, 0.717) is 6.54 Å². The number of rotatable bonds is 4. The second-order valence-corrected chi connectivity index (χ2v) is 5.42. The first-order valence-electron chi connectivity index (χ1n) is 6.11.